The zero-order valence-corrected chi connectivity index (χ0v) is 18.5. The number of hydrogen-bond donors (Lipinski definition) is 3. The van der Waals surface area contributed by atoms with Crippen LogP contribution in [0.2, 0.25) is 0 Å². The second-order valence-electron chi connectivity index (χ2n) is 6.72. The largest absolute Gasteiger partial charge is 0.400 e. The first-order valence-corrected chi connectivity index (χ1v) is 10.5. The van der Waals surface area contributed by atoms with Gasteiger partial charge in [0, 0.05) is 32.0 Å². The van der Waals surface area contributed by atoms with E-state index in [0.29, 0.717) is 42.6 Å². The average molecular weight is 449 g/mol. The van der Waals surface area contributed by atoms with Crippen LogP contribution in [0.4, 0.5) is 5.82 Å². The molecule has 1 aliphatic carbocycles. The minimum absolute atomic E-state index is 0.206. The van der Waals surface area contributed by atoms with Crippen LogP contribution in [0.1, 0.15) is 48.7 Å². The van der Waals surface area contributed by atoms with Gasteiger partial charge < -0.3 is 10.4 Å². The van der Waals surface area contributed by atoms with Crippen LogP contribution in [-0.2, 0) is 15.0 Å². The summed E-state index contributed by atoms with van der Waals surface area (Å²) in [6.07, 6.45) is 8.34. The Morgan fingerprint density at radius 3 is 3.06 bits per heavy atom. The molecule has 11 heteroatoms. The second-order valence-corrected chi connectivity index (χ2v) is 7.29. The fraction of sp³-hybridized carbons (Fsp3) is 0.500. The number of ketones is 1. The SMILES string of the molecule is CC#CCCn1ccc(C(=O)c2cncnc2NC2CCC(COSON)C2)n1.CO. The molecule has 4 N–H and O–H groups in total. The standard InChI is InChI=1S/C19H24N6O3S.CH4O/c1-2-3-4-8-25-9-7-17(24-25)18(26)16-11-21-13-22-19(16)23-15-6-5-14(10-15)12-27-29-28-20;1-2/h7,9,11,13-15H,4-6,8,10,12,20H2,1H3,(H,21,22,23);2H,1H3. The van der Waals surface area contributed by atoms with E-state index < -0.39 is 0 Å². The molecule has 1 fully saturated rings. The van der Waals surface area contributed by atoms with Crippen LogP contribution in [0.15, 0.2) is 24.8 Å². The molecule has 0 aromatic carbocycles. The molecule has 3 rings (SSSR count). The Morgan fingerprint density at radius 1 is 1.45 bits per heavy atom. The predicted octanol–water partition coefficient (Wildman–Crippen LogP) is 1.98. The molecule has 0 aliphatic heterocycles. The molecule has 0 amide bonds. The van der Waals surface area contributed by atoms with E-state index in [0.717, 1.165) is 38.7 Å². The number of nitrogens with one attached hydrogen (secondary N) is 1. The number of carbonyl (C=O) groups excluding carboxylic acids is 1. The Bertz CT molecular complexity index is 882. The minimum atomic E-state index is -0.206. The third-order valence-electron chi connectivity index (χ3n) is 4.75. The molecule has 2 aromatic heterocycles. The highest BCUT2D eigenvalue weighted by Crippen LogP contribution is 2.29. The molecule has 2 heterocycles. The van der Waals surface area contributed by atoms with Crippen LogP contribution in [0.5, 0.6) is 0 Å². The van der Waals surface area contributed by atoms with Gasteiger partial charge in [0.2, 0.25) is 5.78 Å². The van der Waals surface area contributed by atoms with E-state index in [1.807, 2.05) is 0 Å². The van der Waals surface area contributed by atoms with E-state index >= 15 is 0 Å². The maximum absolute atomic E-state index is 13.0. The van der Waals surface area contributed by atoms with Gasteiger partial charge in [0.1, 0.15) is 17.8 Å². The number of aliphatic hydroxyl groups is 1. The second kappa shape index (κ2) is 13.7. The lowest BCUT2D eigenvalue weighted by atomic mass is 10.1. The summed E-state index contributed by atoms with van der Waals surface area (Å²) in [6, 6.07) is 1.91. The lowest BCUT2D eigenvalue weighted by Crippen LogP contribution is -2.20. The maximum atomic E-state index is 13.0. The highest BCUT2D eigenvalue weighted by molar-refractivity contribution is 7.89. The van der Waals surface area contributed by atoms with Crippen LogP contribution in [0.25, 0.3) is 0 Å². The zero-order chi connectivity index (χ0) is 22.5. The van der Waals surface area contributed by atoms with Crippen molar-refractivity contribution in [2.45, 2.75) is 45.2 Å². The molecule has 2 atom stereocenters. The summed E-state index contributed by atoms with van der Waals surface area (Å²) < 4.78 is 11.3. The predicted molar refractivity (Wildman–Crippen MR) is 117 cm³/mol. The number of hydrogen-bond acceptors (Lipinski definition) is 10. The van der Waals surface area contributed by atoms with Crippen molar-refractivity contribution in [2.75, 3.05) is 19.0 Å². The van der Waals surface area contributed by atoms with Crippen molar-refractivity contribution in [3.63, 3.8) is 0 Å². The molecule has 1 saturated carbocycles. The highest BCUT2D eigenvalue weighted by Gasteiger charge is 2.27. The molecule has 0 radical (unpaired) electrons. The van der Waals surface area contributed by atoms with Crippen molar-refractivity contribution in [3.05, 3.63) is 36.0 Å². The number of aryl methyl sites for hydroxylation is 1. The highest BCUT2D eigenvalue weighted by atomic mass is 32.2. The summed E-state index contributed by atoms with van der Waals surface area (Å²) >= 11 is 0.788. The topological polar surface area (TPSA) is 137 Å². The van der Waals surface area contributed by atoms with Crippen molar-refractivity contribution in [3.8, 4) is 11.8 Å². The maximum Gasteiger partial charge on any atom is 0.218 e. The Hall–Kier alpha value is -2.49. The molecule has 1 aliphatic rings. The van der Waals surface area contributed by atoms with Crippen molar-refractivity contribution in [1.29, 1.82) is 0 Å². The number of carbonyl (C=O) groups is 1. The van der Waals surface area contributed by atoms with Crippen molar-refractivity contribution in [2.24, 2.45) is 11.8 Å². The summed E-state index contributed by atoms with van der Waals surface area (Å²) in [5.74, 6) is 11.5. The van der Waals surface area contributed by atoms with Crippen LogP contribution in [0.3, 0.4) is 0 Å². The van der Waals surface area contributed by atoms with E-state index in [2.05, 4.69) is 36.5 Å². The average Bonchev–Trinajstić information content (AvgIpc) is 3.45. The van der Waals surface area contributed by atoms with E-state index in [1.54, 1.807) is 23.9 Å². The fourth-order valence-electron chi connectivity index (χ4n) is 3.35. The van der Waals surface area contributed by atoms with E-state index in [1.165, 1.54) is 12.5 Å². The van der Waals surface area contributed by atoms with Gasteiger partial charge in [-0.05, 0) is 38.2 Å². The van der Waals surface area contributed by atoms with Gasteiger partial charge in [-0.15, -0.1) is 11.8 Å². The van der Waals surface area contributed by atoms with E-state index in [-0.39, 0.29) is 11.8 Å². The Kier molecular flexibility index (Phi) is 11.0. The number of aromatic nitrogens is 4. The first-order chi connectivity index (χ1) is 15.2. The lowest BCUT2D eigenvalue weighted by molar-refractivity contribution is 0.103. The molecule has 0 saturated heterocycles. The van der Waals surface area contributed by atoms with Gasteiger partial charge in [-0.2, -0.15) is 11.0 Å². The van der Waals surface area contributed by atoms with Crippen LogP contribution < -0.4 is 11.2 Å². The number of anilines is 1. The van der Waals surface area contributed by atoms with Crippen molar-refractivity contribution in [1.82, 2.24) is 19.7 Å². The molecule has 168 valence electrons. The van der Waals surface area contributed by atoms with Gasteiger partial charge in [0.25, 0.3) is 0 Å². The summed E-state index contributed by atoms with van der Waals surface area (Å²) in [5.41, 5.74) is 0.779. The fourth-order valence-corrected chi connectivity index (χ4v) is 3.66. The molecule has 0 spiro atoms. The molecule has 2 aromatic rings. The third kappa shape index (κ3) is 7.61. The first-order valence-electron chi connectivity index (χ1n) is 9.85. The van der Waals surface area contributed by atoms with Crippen molar-refractivity contribution >= 4 is 23.9 Å². The Labute approximate surface area is 186 Å². The molecule has 0 bridgehead atoms. The van der Waals surface area contributed by atoms with Crippen LogP contribution in [-0.4, -0.2) is 50.4 Å². The monoisotopic (exact) mass is 448 g/mol. The van der Waals surface area contributed by atoms with Gasteiger partial charge in [0.05, 0.1) is 18.7 Å². The summed E-state index contributed by atoms with van der Waals surface area (Å²) in [6.45, 7) is 3.01. The Morgan fingerprint density at radius 2 is 2.29 bits per heavy atom. The quantitative estimate of drug-likeness (QED) is 0.163. The lowest BCUT2D eigenvalue weighted by Gasteiger charge is -2.15. The molecular weight excluding hydrogens is 420 g/mol. The molecule has 31 heavy (non-hydrogen) atoms. The summed E-state index contributed by atoms with van der Waals surface area (Å²) in [7, 11) is 1.00. The zero-order valence-electron chi connectivity index (χ0n) is 17.7. The Balaban J connectivity index is 0.00000166. The summed E-state index contributed by atoms with van der Waals surface area (Å²) in [5, 5.41) is 14.7. The van der Waals surface area contributed by atoms with Gasteiger partial charge in [-0.3, -0.25) is 13.7 Å². The number of nitrogens with zero attached hydrogens (tertiary/aromatic N) is 4. The minimum Gasteiger partial charge on any atom is -0.400 e. The van der Waals surface area contributed by atoms with Gasteiger partial charge >= 0.3 is 0 Å². The van der Waals surface area contributed by atoms with Gasteiger partial charge in [-0.25, -0.2) is 14.3 Å². The number of rotatable bonds is 10. The van der Waals surface area contributed by atoms with Crippen LogP contribution in [0, 0.1) is 17.8 Å². The molecular formula is C20H28N6O4S. The van der Waals surface area contributed by atoms with Crippen molar-refractivity contribution < 1.29 is 18.4 Å². The third-order valence-corrected chi connectivity index (χ3v) is 5.06. The van der Waals surface area contributed by atoms with Gasteiger partial charge in [-0.1, -0.05) is 0 Å². The van der Waals surface area contributed by atoms with E-state index in [9.17, 15) is 4.79 Å². The molecule has 10 nitrogen and oxygen atoms in total. The smallest absolute Gasteiger partial charge is 0.218 e. The molecule has 2 unspecified atom stereocenters. The summed E-state index contributed by atoms with van der Waals surface area (Å²) in [4.78, 5) is 21.3. The van der Waals surface area contributed by atoms with E-state index in [4.69, 9.17) is 15.2 Å². The number of aliphatic hydroxyl groups excluding tert-OH is 1. The first kappa shape index (κ1) is 24.8. The van der Waals surface area contributed by atoms with Gasteiger partial charge in [0.15, 0.2) is 12.3 Å². The van der Waals surface area contributed by atoms with Crippen LogP contribution >= 0.6 is 12.3 Å². The normalized spacial score (nSPS) is 17.3. The number of nitrogens with two attached hydrogens (primary N) is 1.